The first-order valence-corrected chi connectivity index (χ1v) is 11.2. The van der Waals surface area contributed by atoms with Gasteiger partial charge in [0.2, 0.25) is 5.82 Å². The number of halogens is 3. The van der Waals surface area contributed by atoms with Gasteiger partial charge in [-0.25, -0.2) is 13.6 Å². The van der Waals surface area contributed by atoms with Crippen molar-refractivity contribution < 1.29 is 17.9 Å². The van der Waals surface area contributed by atoms with E-state index in [9.17, 15) is 27.6 Å². The predicted octanol–water partition coefficient (Wildman–Crippen LogP) is 3.94. The van der Waals surface area contributed by atoms with Crippen molar-refractivity contribution in [2.24, 2.45) is 0 Å². The second-order valence-electron chi connectivity index (χ2n) is 8.16. The zero-order chi connectivity index (χ0) is 26.8. The lowest BCUT2D eigenvalue weighted by Gasteiger charge is -2.14. The number of aromatic amines is 2. The molecule has 0 unspecified atom stereocenters. The zero-order valence-electron chi connectivity index (χ0n) is 19.4. The maximum absolute atomic E-state index is 14.7. The lowest BCUT2D eigenvalue weighted by molar-refractivity contribution is 0.279. The summed E-state index contributed by atoms with van der Waals surface area (Å²) in [6.45, 7) is -0.390. The van der Waals surface area contributed by atoms with Crippen LogP contribution in [0.5, 0.6) is 5.75 Å². The Balaban J connectivity index is 1.68. The van der Waals surface area contributed by atoms with Gasteiger partial charge in [0, 0.05) is 35.3 Å². The van der Waals surface area contributed by atoms with Crippen LogP contribution >= 0.6 is 0 Å². The molecule has 0 aliphatic rings. The van der Waals surface area contributed by atoms with Gasteiger partial charge in [0.15, 0.2) is 11.6 Å². The number of pyridine rings is 2. The van der Waals surface area contributed by atoms with Crippen molar-refractivity contribution in [2.75, 3.05) is 0 Å². The minimum absolute atomic E-state index is 0.0158. The van der Waals surface area contributed by atoms with Crippen LogP contribution in [0, 0.1) is 17.5 Å². The van der Waals surface area contributed by atoms with Crippen molar-refractivity contribution >= 4 is 0 Å². The molecule has 3 heterocycles. The smallest absolute Gasteiger partial charge is 0.325 e. The summed E-state index contributed by atoms with van der Waals surface area (Å²) < 4.78 is 49.8. The van der Waals surface area contributed by atoms with Crippen LogP contribution in [-0.4, -0.2) is 19.5 Å². The zero-order valence-corrected chi connectivity index (χ0v) is 19.4. The largest absolute Gasteiger partial charge is 0.486 e. The van der Waals surface area contributed by atoms with E-state index >= 15 is 0 Å². The van der Waals surface area contributed by atoms with E-state index in [1.807, 2.05) is 0 Å². The second-order valence-corrected chi connectivity index (χ2v) is 8.16. The fraction of sp³-hybridized carbons (Fsp3) is 0.0370. The Hall–Kier alpha value is -5.19. The van der Waals surface area contributed by atoms with Crippen LogP contribution in [0.3, 0.4) is 0 Å². The van der Waals surface area contributed by atoms with Gasteiger partial charge in [-0.05, 0) is 42.0 Å². The quantitative estimate of drug-likeness (QED) is 0.354. The van der Waals surface area contributed by atoms with E-state index in [0.717, 1.165) is 12.1 Å². The van der Waals surface area contributed by atoms with Crippen LogP contribution < -0.4 is 21.5 Å². The Morgan fingerprint density at radius 3 is 2.45 bits per heavy atom. The maximum atomic E-state index is 14.7. The first-order chi connectivity index (χ1) is 18.3. The number of nitrogens with one attached hydrogen (secondary N) is 2. The van der Waals surface area contributed by atoms with Crippen molar-refractivity contribution in [3.8, 4) is 33.7 Å². The standard InChI is InChI=1S/C27H17F3N4O4/c28-21-6-2-1-4-15(21)14-38-23-10-16(9-22(29)24(23)30)19-8-17(20-12-32-27(37)33-25(20)35)13-34(26(19)36)18-5-3-7-31-11-18/h1-13H,14H2,(H2,32,33,35,37). The average Bonchev–Trinajstić information content (AvgIpc) is 2.91. The van der Waals surface area contributed by atoms with Crippen molar-refractivity contribution in [2.45, 2.75) is 6.61 Å². The van der Waals surface area contributed by atoms with Gasteiger partial charge in [0.1, 0.15) is 12.4 Å². The van der Waals surface area contributed by atoms with Crippen LogP contribution in [-0.2, 0) is 6.61 Å². The van der Waals surface area contributed by atoms with E-state index < -0.39 is 40.0 Å². The number of hydrogen-bond donors (Lipinski definition) is 2. The van der Waals surface area contributed by atoms with E-state index in [2.05, 4.69) is 15.0 Å². The van der Waals surface area contributed by atoms with Crippen LogP contribution in [0.2, 0.25) is 0 Å². The van der Waals surface area contributed by atoms with Crippen LogP contribution in [0.25, 0.3) is 27.9 Å². The summed E-state index contributed by atoms with van der Waals surface area (Å²) in [6.07, 6.45) is 5.44. The molecule has 0 saturated carbocycles. The molecule has 11 heteroatoms. The third-order valence-corrected chi connectivity index (χ3v) is 5.72. The molecular formula is C27H17F3N4O4. The molecule has 0 aliphatic heterocycles. The molecular weight excluding hydrogens is 501 g/mol. The van der Waals surface area contributed by atoms with Gasteiger partial charge in [0.25, 0.3) is 11.1 Å². The molecule has 190 valence electrons. The number of H-pyrrole nitrogens is 2. The summed E-state index contributed by atoms with van der Waals surface area (Å²) in [5.74, 6) is -3.73. The highest BCUT2D eigenvalue weighted by atomic mass is 19.2. The number of rotatable bonds is 6. The van der Waals surface area contributed by atoms with Crippen LogP contribution in [0.4, 0.5) is 13.2 Å². The van der Waals surface area contributed by atoms with Gasteiger partial charge in [0.05, 0.1) is 17.4 Å². The summed E-state index contributed by atoms with van der Waals surface area (Å²) in [5, 5.41) is 0. The Bertz CT molecular complexity index is 1830. The highest BCUT2D eigenvalue weighted by Gasteiger charge is 2.19. The molecule has 0 radical (unpaired) electrons. The first-order valence-electron chi connectivity index (χ1n) is 11.2. The van der Waals surface area contributed by atoms with E-state index in [0.29, 0.717) is 5.69 Å². The Kier molecular flexibility index (Phi) is 6.48. The summed E-state index contributed by atoms with van der Waals surface area (Å²) in [5.41, 5.74) is -1.58. The second kappa shape index (κ2) is 10.1. The Morgan fingerprint density at radius 2 is 1.71 bits per heavy atom. The van der Waals surface area contributed by atoms with Gasteiger partial charge in [-0.3, -0.25) is 24.1 Å². The van der Waals surface area contributed by atoms with E-state index in [4.69, 9.17) is 4.74 Å². The Labute approximate surface area is 211 Å². The molecule has 0 bridgehead atoms. The van der Waals surface area contributed by atoms with Crippen molar-refractivity contribution in [1.29, 1.82) is 0 Å². The molecule has 3 aromatic heterocycles. The first kappa shape index (κ1) is 24.5. The minimum Gasteiger partial charge on any atom is -0.486 e. The summed E-state index contributed by atoms with van der Waals surface area (Å²) in [4.78, 5) is 46.0. The summed E-state index contributed by atoms with van der Waals surface area (Å²) >= 11 is 0. The van der Waals surface area contributed by atoms with Gasteiger partial charge in [-0.2, -0.15) is 4.39 Å². The third-order valence-electron chi connectivity index (χ3n) is 5.72. The predicted molar refractivity (Wildman–Crippen MR) is 133 cm³/mol. The van der Waals surface area contributed by atoms with E-state index in [1.54, 1.807) is 18.2 Å². The maximum Gasteiger partial charge on any atom is 0.325 e. The van der Waals surface area contributed by atoms with Gasteiger partial charge in [-0.15, -0.1) is 0 Å². The molecule has 38 heavy (non-hydrogen) atoms. The number of hydrogen-bond acceptors (Lipinski definition) is 5. The number of nitrogens with zero attached hydrogens (tertiary/aromatic N) is 2. The van der Waals surface area contributed by atoms with Gasteiger partial charge >= 0.3 is 5.69 Å². The lowest BCUT2D eigenvalue weighted by atomic mass is 10.0. The van der Waals surface area contributed by atoms with Crippen LogP contribution in [0.1, 0.15) is 5.56 Å². The molecule has 2 aromatic carbocycles. The Morgan fingerprint density at radius 1 is 0.895 bits per heavy atom. The fourth-order valence-corrected chi connectivity index (χ4v) is 3.84. The SMILES string of the molecule is O=c1[nH]cc(-c2cc(-c3cc(F)c(F)c(OCc4ccccc4F)c3)c(=O)n(-c3cccnc3)c2)c(=O)[nH]1. The molecule has 5 rings (SSSR count). The lowest BCUT2D eigenvalue weighted by Crippen LogP contribution is -2.24. The van der Waals surface area contributed by atoms with Crippen molar-refractivity contribution in [3.63, 3.8) is 0 Å². The number of benzene rings is 2. The minimum atomic E-state index is -1.31. The van der Waals surface area contributed by atoms with Gasteiger partial charge in [-0.1, -0.05) is 18.2 Å². The molecule has 0 fully saturated rings. The number of aromatic nitrogens is 4. The average molecular weight is 518 g/mol. The molecule has 2 N–H and O–H groups in total. The fourth-order valence-electron chi connectivity index (χ4n) is 3.84. The molecule has 0 aliphatic carbocycles. The highest BCUT2D eigenvalue weighted by molar-refractivity contribution is 5.72. The monoisotopic (exact) mass is 518 g/mol. The van der Waals surface area contributed by atoms with E-state index in [-0.39, 0.29) is 34.4 Å². The molecule has 8 nitrogen and oxygen atoms in total. The van der Waals surface area contributed by atoms with Gasteiger partial charge < -0.3 is 9.72 Å². The molecule has 0 atom stereocenters. The van der Waals surface area contributed by atoms with E-state index in [1.165, 1.54) is 53.6 Å². The summed E-state index contributed by atoms with van der Waals surface area (Å²) in [6, 6.07) is 12.1. The highest BCUT2D eigenvalue weighted by Crippen LogP contribution is 2.30. The van der Waals surface area contributed by atoms with Crippen LogP contribution in [0.15, 0.2) is 93.8 Å². The molecule has 5 aromatic rings. The normalized spacial score (nSPS) is 10.9. The van der Waals surface area contributed by atoms with Crippen molar-refractivity contribution in [1.82, 2.24) is 19.5 Å². The summed E-state index contributed by atoms with van der Waals surface area (Å²) in [7, 11) is 0. The van der Waals surface area contributed by atoms with Crippen molar-refractivity contribution in [3.05, 3.63) is 134 Å². The number of ether oxygens (including phenoxy) is 1. The molecule has 0 amide bonds. The third kappa shape index (κ3) is 4.76. The molecule has 0 spiro atoms. The molecule has 0 saturated heterocycles. The topological polar surface area (TPSA) is 110 Å².